The zero-order valence-electron chi connectivity index (χ0n) is 14.8. The number of allylic oxidation sites excluding steroid dienone is 1. The molecule has 1 aliphatic rings. The lowest BCUT2D eigenvalue weighted by molar-refractivity contribution is 0.397. The summed E-state index contributed by atoms with van der Waals surface area (Å²) in [5.41, 5.74) is 8.67. The second-order valence-electron chi connectivity index (χ2n) is 6.26. The fraction of sp³-hybridized carbons (Fsp3) is 0.211. The number of thiazole rings is 1. The van der Waals surface area contributed by atoms with Gasteiger partial charge in [0.15, 0.2) is 16.5 Å². The molecule has 2 aromatic heterocycles. The first-order valence-electron chi connectivity index (χ1n) is 8.48. The Labute approximate surface area is 159 Å². The van der Waals surface area contributed by atoms with E-state index in [0.717, 1.165) is 11.1 Å². The first-order valence-corrected chi connectivity index (χ1v) is 9.29. The summed E-state index contributed by atoms with van der Waals surface area (Å²) in [6.45, 7) is 4.65. The van der Waals surface area contributed by atoms with Crippen LogP contribution in [0.2, 0.25) is 0 Å². The van der Waals surface area contributed by atoms with Gasteiger partial charge >= 0.3 is 0 Å². The number of rotatable bonds is 3. The van der Waals surface area contributed by atoms with Crippen LogP contribution in [0.1, 0.15) is 29.5 Å². The van der Waals surface area contributed by atoms with Crippen LogP contribution in [0.25, 0.3) is 10.3 Å². The highest BCUT2D eigenvalue weighted by Crippen LogP contribution is 2.44. The fourth-order valence-electron chi connectivity index (χ4n) is 3.21. The van der Waals surface area contributed by atoms with Crippen LogP contribution in [-0.2, 0) is 0 Å². The van der Waals surface area contributed by atoms with E-state index in [1.807, 2.05) is 38.1 Å². The van der Waals surface area contributed by atoms with Gasteiger partial charge in [-0.2, -0.15) is 5.26 Å². The van der Waals surface area contributed by atoms with Gasteiger partial charge in [0.2, 0.25) is 5.88 Å². The first kappa shape index (κ1) is 17.1. The maximum Gasteiger partial charge on any atom is 0.257 e. The first-order chi connectivity index (χ1) is 13.0. The Morgan fingerprint density at radius 1 is 1.41 bits per heavy atom. The van der Waals surface area contributed by atoms with Crippen LogP contribution in [-0.4, -0.2) is 16.5 Å². The molecule has 4 N–H and O–H groups in total. The molecule has 1 aromatic carbocycles. The number of fused-ring (bicyclic) bond motifs is 3. The Kier molecular flexibility index (Phi) is 4.09. The van der Waals surface area contributed by atoms with E-state index in [1.165, 1.54) is 11.3 Å². The van der Waals surface area contributed by atoms with Gasteiger partial charge in [-0.3, -0.25) is 4.79 Å². The molecule has 3 heterocycles. The number of nitrogens with two attached hydrogens (primary N) is 1. The van der Waals surface area contributed by atoms with Crippen LogP contribution < -0.4 is 21.3 Å². The van der Waals surface area contributed by atoms with E-state index in [4.69, 9.17) is 10.5 Å². The molecule has 27 heavy (non-hydrogen) atoms. The monoisotopic (exact) mass is 379 g/mol. The molecule has 0 amide bonds. The van der Waals surface area contributed by atoms with Gasteiger partial charge in [-0.25, -0.2) is 4.98 Å². The van der Waals surface area contributed by atoms with Crippen LogP contribution in [0.3, 0.4) is 0 Å². The number of aromatic amines is 1. The zero-order chi connectivity index (χ0) is 19.1. The normalized spacial score (nSPS) is 16.0. The van der Waals surface area contributed by atoms with Gasteiger partial charge in [0.25, 0.3) is 5.56 Å². The van der Waals surface area contributed by atoms with Gasteiger partial charge in [0.1, 0.15) is 16.3 Å². The number of aromatic nitrogens is 2. The van der Waals surface area contributed by atoms with Crippen molar-refractivity contribution >= 4 is 26.8 Å². The third-order valence-corrected chi connectivity index (χ3v) is 5.48. The Bertz CT molecular complexity index is 1170. The lowest BCUT2D eigenvalue weighted by Gasteiger charge is -2.25. The second kappa shape index (κ2) is 6.45. The molecule has 0 aliphatic carbocycles. The van der Waals surface area contributed by atoms with Gasteiger partial charge in [-0.1, -0.05) is 41.2 Å². The standard InChI is InChI=1S/C19H17N5O2S/c1-3-22-19-24-17-15(27-19)14-13(18(25)23-17)12(11(8-20)16(21)26-14)10-6-4-9(2)5-7-10/h4-7,12H,3,21H2,1-2H3,(H2,22,23,24,25)/t12-/m0/s1. The van der Waals surface area contributed by atoms with Crippen molar-refractivity contribution in [2.45, 2.75) is 19.8 Å². The van der Waals surface area contributed by atoms with Gasteiger partial charge in [0.05, 0.1) is 11.5 Å². The van der Waals surface area contributed by atoms with Crippen molar-refractivity contribution in [3.63, 3.8) is 0 Å². The largest absolute Gasteiger partial charge is 0.438 e. The molecule has 0 spiro atoms. The minimum atomic E-state index is -0.586. The molecule has 0 unspecified atom stereocenters. The van der Waals surface area contributed by atoms with Crippen molar-refractivity contribution in [3.05, 3.63) is 62.8 Å². The average molecular weight is 379 g/mol. The molecule has 0 fully saturated rings. The predicted octanol–water partition coefficient (Wildman–Crippen LogP) is 2.94. The summed E-state index contributed by atoms with van der Waals surface area (Å²) in [7, 11) is 0. The highest BCUT2D eigenvalue weighted by Gasteiger charge is 2.35. The van der Waals surface area contributed by atoms with Crippen LogP contribution in [0.15, 0.2) is 40.5 Å². The topological polar surface area (TPSA) is 117 Å². The molecule has 136 valence electrons. The smallest absolute Gasteiger partial charge is 0.257 e. The molecule has 1 aliphatic heterocycles. The van der Waals surface area contributed by atoms with E-state index in [9.17, 15) is 10.1 Å². The third-order valence-electron chi connectivity index (χ3n) is 4.47. The summed E-state index contributed by atoms with van der Waals surface area (Å²) in [6, 6.07) is 9.80. The van der Waals surface area contributed by atoms with Gasteiger partial charge < -0.3 is 20.8 Å². The molecule has 0 radical (unpaired) electrons. The number of nitriles is 1. The van der Waals surface area contributed by atoms with Crippen LogP contribution in [0.5, 0.6) is 5.75 Å². The molecule has 0 bridgehead atoms. The van der Waals surface area contributed by atoms with E-state index in [2.05, 4.69) is 21.4 Å². The van der Waals surface area contributed by atoms with Crippen molar-refractivity contribution in [1.82, 2.24) is 9.97 Å². The van der Waals surface area contributed by atoms with Gasteiger partial charge in [-0.15, -0.1) is 0 Å². The highest BCUT2D eigenvalue weighted by atomic mass is 32.1. The summed E-state index contributed by atoms with van der Waals surface area (Å²) in [5, 5.41) is 13.5. The fourth-order valence-corrected chi connectivity index (χ4v) is 4.20. The molecule has 8 heteroatoms. The summed E-state index contributed by atoms with van der Waals surface area (Å²) in [5.74, 6) is -0.199. The van der Waals surface area contributed by atoms with Gasteiger partial charge in [0, 0.05) is 6.54 Å². The summed E-state index contributed by atoms with van der Waals surface area (Å²) in [4.78, 5) is 20.1. The average Bonchev–Trinajstić information content (AvgIpc) is 3.04. The minimum absolute atomic E-state index is 0.0147. The maximum atomic E-state index is 12.9. The van der Waals surface area contributed by atoms with Crippen molar-refractivity contribution in [1.29, 1.82) is 5.26 Å². The van der Waals surface area contributed by atoms with Crippen LogP contribution in [0, 0.1) is 18.3 Å². The van der Waals surface area contributed by atoms with E-state index >= 15 is 0 Å². The Morgan fingerprint density at radius 2 is 2.15 bits per heavy atom. The number of hydrogen-bond acceptors (Lipinski definition) is 7. The van der Waals surface area contributed by atoms with Crippen LogP contribution >= 0.6 is 11.3 Å². The van der Waals surface area contributed by atoms with Crippen molar-refractivity contribution in [3.8, 4) is 11.8 Å². The van der Waals surface area contributed by atoms with E-state index in [-0.39, 0.29) is 17.0 Å². The number of H-pyrrole nitrogens is 1. The van der Waals surface area contributed by atoms with E-state index in [1.54, 1.807) is 0 Å². The number of hydrogen-bond donors (Lipinski definition) is 3. The molecule has 4 rings (SSSR count). The highest BCUT2D eigenvalue weighted by molar-refractivity contribution is 7.22. The summed E-state index contributed by atoms with van der Waals surface area (Å²) in [6.07, 6.45) is 0. The van der Waals surface area contributed by atoms with Crippen molar-refractivity contribution in [2.24, 2.45) is 5.73 Å². The van der Waals surface area contributed by atoms with E-state index < -0.39 is 5.92 Å². The molecule has 1 atom stereocenters. The molecule has 3 aromatic rings. The number of aryl methyl sites for hydroxylation is 1. The lowest BCUT2D eigenvalue weighted by atomic mass is 9.84. The SMILES string of the molecule is CCNc1nc2[nH]c(=O)c3c(c2s1)OC(N)=C(C#N)[C@@H]3c1ccc(C)cc1. The quantitative estimate of drug-likeness (QED) is 0.644. The molecular formula is C19H17N5O2S. The number of benzene rings is 1. The minimum Gasteiger partial charge on any atom is -0.438 e. The maximum absolute atomic E-state index is 12.9. The summed E-state index contributed by atoms with van der Waals surface area (Å²) >= 11 is 1.38. The third kappa shape index (κ3) is 2.73. The second-order valence-corrected chi connectivity index (χ2v) is 7.26. The number of nitrogens with zero attached hydrogens (tertiary/aromatic N) is 2. The number of ether oxygens (including phenoxy) is 1. The number of pyridine rings is 1. The van der Waals surface area contributed by atoms with Crippen molar-refractivity contribution < 1.29 is 4.74 Å². The Hall–Kier alpha value is -3.31. The lowest BCUT2D eigenvalue weighted by Crippen LogP contribution is -2.27. The number of anilines is 1. The van der Waals surface area contributed by atoms with Crippen LogP contribution in [0.4, 0.5) is 5.13 Å². The Morgan fingerprint density at radius 3 is 2.81 bits per heavy atom. The number of nitrogens with one attached hydrogen (secondary N) is 2. The zero-order valence-corrected chi connectivity index (χ0v) is 15.6. The molecule has 0 saturated heterocycles. The van der Waals surface area contributed by atoms with Crippen molar-refractivity contribution in [2.75, 3.05) is 11.9 Å². The molecule has 7 nitrogen and oxygen atoms in total. The molecular weight excluding hydrogens is 362 g/mol. The van der Waals surface area contributed by atoms with E-state index in [0.29, 0.717) is 33.3 Å². The molecule has 0 saturated carbocycles. The summed E-state index contributed by atoms with van der Waals surface area (Å²) < 4.78 is 6.45. The predicted molar refractivity (Wildman–Crippen MR) is 105 cm³/mol. The van der Waals surface area contributed by atoms with Gasteiger partial charge in [-0.05, 0) is 19.4 Å². The Balaban J connectivity index is 2.01.